The zero-order valence-electron chi connectivity index (χ0n) is 12.4. The molecule has 3 heteroatoms. The van der Waals surface area contributed by atoms with Crippen LogP contribution in [0.3, 0.4) is 0 Å². The first-order valence-corrected chi connectivity index (χ1v) is 7.68. The molecule has 1 aromatic carbocycles. The summed E-state index contributed by atoms with van der Waals surface area (Å²) >= 11 is 1.77. The van der Waals surface area contributed by atoms with Crippen molar-refractivity contribution < 1.29 is 4.74 Å². The van der Waals surface area contributed by atoms with Gasteiger partial charge in [-0.3, -0.25) is 0 Å². The monoisotopic (exact) mass is 295 g/mol. The van der Waals surface area contributed by atoms with Gasteiger partial charge in [0, 0.05) is 16.0 Å². The maximum absolute atomic E-state index is 5.40. The van der Waals surface area contributed by atoms with E-state index in [2.05, 4.69) is 44.2 Å². The van der Waals surface area contributed by atoms with Crippen LogP contribution >= 0.6 is 11.3 Å². The van der Waals surface area contributed by atoms with Crippen LogP contribution in [-0.2, 0) is 0 Å². The second kappa shape index (κ2) is 5.70. The highest BCUT2D eigenvalue weighted by Crippen LogP contribution is 2.31. The molecule has 0 bridgehead atoms. The molecular formula is C18H17NOS. The molecule has 0 amide bonds. The predicted octanol–water partition coefficient (Wildman–Crippen LogP) is 5.10. The minimum absolute atomic E-state index is 0.895. The average molecular weight is 295 g/mol. The van der Waals surface area contributed by atoms with Gasteiger partial charge in [-0.1, -0.05) is 18.2 Å². The van der Waals surface area contributed by atoms with Crippen LogP contribution in [0.5, 0.6) is 5.75 Å². The van der Waals surface area contributed by atoms with E-state index in [1.54, 1.807) is 18.4 Å². The Kier molecular flexibility index (Phi) is 3.76. The van der Waals surface area contributed by atoms with E-state index in [0.717, 1.165) is 28.3 Å². The predicted molar refractivity (Wildman–Crippen MR) is 89.0 cm³/mol. The van der Waals surface area contributed by atoms with Gasteiger partial charge >= 0.3 is 0 Å². The number of rotatable bonds is 3. The van der Waals surface area contributed by atoms with E-state index in [1.807, 2.05) is 18.2 Å². The van der Waals surface area contributed by atoms with Gasteiger partial charge in [0.05, 0.1) is 23.4 Å². The zero-order valence-corrected chi connectivity index (χ0v) is 13.2. The van der Waals surface area contributed by atoms with Crippen molar-refractivity contribution in [2.24, 2.45) is 0 Å². The minimum atomic E-state index is 0.895. The molecule has 0 saturated carbocycles. The van der Waals surface area contributed by atoms with Gasteiger partial charge in [-0.15, -0.1) is 11.3 Å². The van der Waals surface area contributed by atoms with Crippen molar-refractivity contribution in [3.63, 3.8) is 0 Å². The van der Waals surface area contributed by atoms with Crippen LogP contribution in [-0.4, -0.2) is 12.1 Å². The molecular weight excluding hydrogens is 278 g/mol. The number of benzene rings is 1. The van der Waals surface area contributed by atoms with Crippen molar-refractivity contribution in [1.29, 1.82) is 0 Å². The average Bonchev–Trinajstić information content (AvgIpc) is 2.94. The molecule has 106 valence electrons. The number of hydrogen-bond donors (Lipinski definition) is 0. The number of methoxy groups -OCH3 is 1. The summed E-state index contributed by atoms with van der Waals surface area (Å²) in [4.78, 5) is 7.32. The Balaban J connectivity index is 2.08. The highest BCUT2D eigenvalue weighted by Gasteiger charge is 2.09. The third kappa shape index (κ3) is 2.69. The van der Waals surface area contributed by atoms with Crippen molar-refractivity contribution in [1.82, 2.24) is 4.98 Å². The largest absolute Gasteiger partial charge is 0.496 e. The number of thiophene rings is 1. The third-order valence-corrected chi connectivity index (χ3v) is 4.55. The molecule has 2 aromatic heterocycles. The number of pyridine rings is 1. The minimum Gasteiger partial charge on any atom is -0.496 e. The summed E-state index contributed by atoms with van der Waals surface area (Å²) in [6.07, 6.45) is 0. The van der Waals surface area contributed by atoms with Crippen LogP contribution in [0.15, 0.2) is 48.5 Å². The maximum Gasteiger partial charge on any atom is 0.122 e. The Morgan fingerprint density at radius 2 is 1.67 bits per heavy atom. The highest BCUT2D eigenvalue weighted by molar-refractivity contribution is 7.15. The highest BCUT2D eigenvalue weighted by atomic mass is 32.1. The van der Waals surface area contributed by atoms with Crippen molar-refractivity contribution in [2.45, 2.75) is 13.8 Å². The molecule has 3 rings (SSSR count). The Labute approximate surface area is 129 Å². The summed E-state index contributed by atoms with van der Waals surface area (Å²) in [5.41, 5.74) is 4.24. The fraction of sp³-hybridized carbons (Fsp3) is 0.167. The molecule has 0 fully saturated rings. The summed E-state index contributed by atoms with van der Waals surface area (Å²) < 4.78 is 5.40. The Hall–Kier alpha value is -2.13. The molecule has 21 heavy (non-hydrogen) atoms. The molecule has 0 atom stereocenters. The summed E-state index contributed by atoms with van der Waals surface area (Å²) in [6.45, 7) is 4.18. The SMILES string of the molecule is COc1cccc(-c2cccc(-c3ccc(C)s3)n2)c1C. The van der Waals surface area contributed by atoms with E-state index in [0.29, 0.717) is 0 Å². The number of nitrogens with zero attached hydrogens (tertiary/aromatic N) is 1. The molecule has 0 spiro atoms. The van der Waals surface area contributed by atoms with Gasteiger partial charge in [-0.2, -0.15) is 0 Å². The van der Waals surface area contributed by atoms with Crippen LogP contribution < -0.4 is 4.74 Å². The van der Waals surface area contributed by atoms with Crippen LogP contribution in [0, 0.1) is 13.8 Å². The molecule has 0 aliphatic carbocycles. The third-order valence-electron chi connectivity index (χ3n) is 3.52. The van der Waals surface area contributed by atoms with Crippen LogP contribution in [0.2, 0.25) is 0 Å². The van der Waals surface area contributed by atoms with E-state index in [9.17, 15) is 0 Å². The molecule has 0 N–H and O–H groups in total. The van der Waals surface area contributed by atoms with Crippen LogP contribution in [0.4, 0.5) is 0 Å². The summed E-state index contributed by atoms with van der Waals surface area (Å²) in [6, 6.07) is 16.5. The smallest absolute Gasteiger partial charge is 0.122 e. The number of aryl methyl sites for hydroxylation is 1. The van der Waals surface area contributed by atoms with Gasteiger partial charge in [0.1, 0.15) is 5.75 Å². The quantitative estimate of drug-likeness (QED) is 0.670. The van der Waals surface area contributed by atoms with Crippen LogP contribution in [0.1, 0.15) is 10.4 Å². The molecule has 2 nitrogen and oxygen atoms in total. The first-order chi connectivity index (χ1) is 10.2. The summed E-state index contributed by atoms with van der Waals surface area (Å²) in [7, 11) is 1.70. The fourth-order valence-electron chi connectivity index (χ4n) is 2.41. The second-order valence-electron chi connectivity index (χ2n) is 4.95. The van der Waals surface area contributed by atoms with E-state index >= 15 is 0 Å². The van der Waals surface area contributed by atoms with Crippen molar-refractivity contribution >= 4 is 11.3 Å². The van der Waals surface area contributed by atoms with Crippen molar-refractivity contribution in [2.75, 3.05) is 7.11 Å². The lowest BCUT2D eigenvalue weighted by Crippen LogP contribution is -1.92. The van der Waals surface area contributed by atoms with Gasteiger partial charge in [0.25, 0.3) is 0 Å². The fourth-order valence-corrected chi connectivity index (χ4v) is 3.24. The maximum atomic E-state index is 5.40. The van der Waals surface area contributed by atoms with Gasteiger partial charge in [-0.25, -0.2) is 4.98 Å². The Morgan fingerprint density at radius 1 is 0.905 bits per heavy atom. The molecule has 0 aliphatic rings. The normalized spacial score (nSPS) is 10.6. The summed E-state index contributed by atoms with van der Waals surface area (Å²) in [5, 5.41) is 0. The van der Waals surface area contributed by atoms with Gasteiger partial charge < -0.3 is 4.74 Å². The molecule has 0 aliphatic heterocycles. The number of hydrogen-bond acceptors (Lipinski definition) is 3. The molecule has 0 saturated heterocycles. The topological polar surface area (TPSA) is 22.1 Å². The van der Waals surface area contributed by atoms with E-state index in [-0.39, 0.29) is 0 Å². The lowest BCUT2D eigenvalue weighted by atomic mass is 10.0. The standard InChI is InChI=1S/C18H17NOS/c1-12-10-11-18(21-12)16-8-5-7-15(19-16)14-6-4-9-17(20-3)13(14)2/h4-11H,1-3H3. The Morgan fingerprint density at radius 3 is 2.38 bits per heavy atom. The molecule has 0 radical (unpaired) electrons. The van der Waals surface area contributed by atoms with E-state index < -0.39 is 0 Å². The number of ether oxygens (including phenoxy) is 1. The van der Waals surface area contributed by atoms with Crippen molar-refractivity contribution in [3.05, 3.63) is 59.0 Å². The molecule has 3 aromatic rings. The molecule has 0 unspecified atom stereocenters. The first kappa shape index (κ1) is 13.8. The van der Waals surface area contributed by atoms with Crippen molar-refractivity contribution in [3.8, 4) is 27.6 Å². The lowest BCUT2D eigenvalue weighted by Gasteiger charge is -2.10. The van der Waals surface area contributed by atoms with E-state index in [4.69, 9.17) is 9.72 Å². The second-order valence-corrected chi connectivity index (χ2v) is 6.24. The van der Waals surface area contributed by atoms with Gasteiger partial charge in [0.15, 0.2) is 0 Å². The van der Waals surface area contributed by atoms with Gasteiger partial charge in [0.2, 0.25) is 0 Å². The molecule has 2 heterocycles. The lowest BCUT2D eigenvalue weighted by molar-refractivity contribution is 0.412. The van der Waals surface area contributed by atoms with Crippen LogP contribution in [0.25, 0.3) is 21.8 Å². The van der Waals surface area contributed by atoms with E-state index in [1.165, 1.54) is 9.75 Å². The first-order valence-electron chi connectivity index (χ1n) is 6.87. The zero-order chi connectivity index (χ0) is 14.8. The Bertz CT molecular complexity index is 776. The van der Waals surface area contributed by atoms with Gasteiger partial charge in [-0.05, 0) is 44.2 Å². The number of aromatic nitrogens is 1. The summed E-state index contributed by atoms with van der Waals surface area (Å²) in [5.74, 6) is 0.895.